The minimum atomic E-state index is -0.870. The van der Waals surface area contributed by atoms with E-state index in [1.54, 1.807) is 0 Å². The Kier molecular flexibility index (Phi) is 2.32. The van der Waals surface area contributed by atoms with Gasteiger partial charge in [0.25, 0.3) is 5.91 Å². The zero-order chi connectivity index (χ0) is 11.0. The minimum absolute atomic E-state index is 0.180. The molecule has 1 aromatic carbocycles. The molecule has 0 aromatic heterocycles. The summed E-state index contributed by atoms with van der Waals surface area (Å²) >= 11 is 5.63. The van der Waals surface area contributed by atoms with Crippen molar-refractivity contribution >= 4 is 23.5 Å². The quantitative estimate of drug-likeness (QED) is 0.713. The van der Waals surface area contributed by atoms with E-state index < -0.39 is 23.8 Å². The van der Waals surface area contributed by atoms with Crippen molar-refractivity contribution in [3.05, 3.63) is 34.6 Å². The average molecular weight is 229 g/mol. The molecule has 6 heteroatoms. The van der Waals surface area contributed by atoms with Gasteiger partial charge in [-0.1, -0.05) is 11.6 Å². The van der Waals surface area contributed by atoms with Crippen LogP contribution in [0.4, 0.5) is 9.18 Å². The second-order valence-corrected chi connectivity index (χ2v) is 3.53. The van der Waals surface area contributed by atoms with Crippen molar-refractivity contribution < 1.29 is 14.0 Å². The highest BCUT2D eigenvalue weighted by molar-refractivity contribution is 6.30. The lowest BCUT2D eigenvalue weighted by atomic mass is 10.1. The zero-order valence-corrected chi connectivity index (χ0v) is 8.14. The van der Waals surface area contributed by atoms with E-state index in [9.17, 15) is 14.0 Å². The summed E-state index contributed by atoms with van der Waals surface area (Å²) in [5.74, 6) is -1.06. The molecule has 4 nitrogen and oxygen atoms in total. The first kappa shape index (κ1) is 9.92. The van der Waals surface area contributed by atoms with Crippen molar-refractivity contribution in [2.75, 3.05) is 0 Å². The number of carbonyl (C=O) groups excluding carboxylic acids is 2. The van der Waals surface area contributed by atoms with Gasteiger partial charge in [-0.2, -0.15) is 0 Å². The third-order valence-electron chi connectivity index (χ3n) is 1.99. The van der Waals surface area contributed by atoms with Crippen LogP contribution < -0.4 is 10.6 Å². The van der Waals surface area contributed by atoms with Crippen LogP contribution in [0, 0.1) is 5.82 Å². The van der Waals surface area contributed by atoms with Gasteiger partial charge in [-0.15, -0.1) is 0 Å². The van der Waals surface area contributed by atoms with Gasteiger partial charge < -0.3 is 5.32 Å². The van der Waals surface area contributed by atoms with Gasteiger partial charge in [-0.25, -0.2) is 9.18 Å². The molecule has 2 rings (SSSR count). The first-order valence-electron chi connectivity index (χ1n) is 4.13. The third kappa shape index (κ3) is 1.92. The molecular formula is C9H6ClFN2O2. The molecule has 0 aliphatic carbocycles. The van der Waals surface area contributed by atoms with Crippen LogP contribution in [0.15, 0.2) is 18.2 Å². The van der Waals surface area contributed by atoms with Crippen molar-refractivity contribution in [1.29, 1.82) is 0 Å². The van der Waals surface area contributed by atoms with Crippen molar-refractivity contribution in [2.45, 2.75) is 6.04 Å². The number of imide groups is 1. The number of nitrogens with one attached hydrogen (secondary N) is 2. The van der Waals surface area contributed by atoms with E-state index in [4.69, 9.17) is 11.6 Å². The minimum Gasteiger partial charge on any atom is -0.322 e. The van der Waals surface area contributed by atoms with Crippen molar-refractivity contribution in [1.82, 2.24) is 10.6 Å². The molecule has 1 unspecified atom stereocenters. The highest BCUT2D eigenvalue weighted by Crippen LogP contribution is 2.21. The van der Waals surface area contributed by atoms with Crippen LogP contribution in [0.2, 0.25) is 5.02 Å². The second-order valence-electron chi connectivity index (χ2n) is 3.10. The number of carbonyl (C=O) groups is 2. The van der Waals surface area contributed by atoms with E-state index in [1.807, 2.05) is 5.32 Å². The van der Waals surface area contributed by atoms with Crippen LogP contribution in [-0.4, -0.2) is 11.9 Å². The van der Waals surface area contributed by atoms with Crippen LogP contribution in [0.1, 0.15) is 11.6 Å². The third-order valence-corrected chi connectivity index (χ3v) is 2.21. The molecule has 1 aliphatic heterocycles. The Bertz CT molecular complexity index is 429. The Morgan fingerprint density at radius 1 is 1.27 bits per heavy atom. The van der Waals surface area contributed by atoms with Gasteiger partial charge in [-0.05, 0) is 23.8 Å². The van der Waals surface area contributed by atoms with Crippen LogP contribution >= 0.6 is 11.6 Å². The van der Waals surface area contributed by atoms with Crippen LogP contribution in [0.5, 0.6) is 0 Å². The van der Waals surface area contributed by atoms with Crippen molar-refractivity contribution in [2.24, 2.45) is 0 Å². The predicted octanol–water partition coefficient (Wildman–Crippen LogP) is 1.36. The zero-order valence-electron chi connectivity index (χ0n) is 7.38. The lowest BCUT2D eigenvalue weighted by molar-refractivity contribution is -0.120. The molecule has 15 heavy (non-hydrogen) atoms. The summed E-state index contributed by atoms with van der Waals surface area (Å²) in [7, 11) is 0. The molecular weight excluding hydrogens is 223 g/mol. The van der Waals surface area contributed by atoms with Gasteiger partial charge in [0, 0.05) is 5.02 Å². The van der Waals surface area contributed by atoms with Crippen LogP contribution in [-0.2, 0) is 4.79 Å². The number of hydrogen-bond acceptors (Lipinski definition) is 2. The standard InChI is InChI=1S/C9H6ClFN2O2/c10-5-1-4(2-6(11)3-5)7-8(14)13-9(15)12-7/h1-3,7H,(H2,12,13,14,15). The van der Waals surface area contributed by atoms with E-state index in [-0.39, 0.29) is 5.02 Å². The number of hydrogen-bond donors (Lipinski definition) is 2. The number of rotatable bonds is 1. The van der Waals surface area contributed by atoms with Gasteiger partial charge in [0.1, 0.15) is 11.9 Å². The largest absolute Gasteiger partial charge is 0.322 e. The highest BCUT2D eigenvalue weighted by Gasteiger charge is 2.31. The summed E-state index contributed by atoms with van der Waals surface area (Å²) < 4.78 is 13.0. The van der Waals surface area contributed by atoms with E-state index in [1.165, 1.54) is 6.07 Å². The Labute approximate surface area is 89.4 Å². The molecule has 1 aliphatic rings. The van der Waals surface area contributed by atoms with Crippen LogP contribution in [0.3, 0.4) is 0 Å². The summed E-state index contributed by atoms with van der Waals surface area (Å²) in [5, 5.41) is 4.58. The van der Waals surface area contributed by atoms with Gasteiger partial charge in [0.15, 0.2) is 0 Å². The molecule has 3 amide bonds. The summed E-state index contributed by atoms with van der Waals surface area (Å²) in [6.07, 6.45) is 0. The van der Waals surface area contributed by atoms with E-state index >= 15 is 0 Å². The van der Waals surface area contributed by atoms with Gasteiger partial charge in [-0.3, -0.25) is 10.1 Å². The highest BCUT2D eigenvalue weighted by atomic mass is 35.5. The van der Waals surface area contributed by atoms with Gasteiger partial charge in [0.05, 0.1) is 0 Å². The molecule has 1 aromatic rings. The molecule has 0 bridgehead atoms. The van der Waals surface area contributed by atoms with Gasteiger partial charge in [0.2, 0.25) is 0 Å². The lowest BCUT2D eigenvalue weighted by Gasteiger charge is -2.07. The smallest absolute Gasteiger partial charge is 0.322 e. The molecule has 0 spiro atoms. The van der Waals surface area contributed by atoms with E-state index in [0.29, 0.717) is 5.56 Å². The summed E-state index contributed by atoms with van der Waals surface area (Å²) in [6, 6.07) is 2.25. The summed E-state index contributed by atoms with van der Waals surface area (Å²) in [6.45, 7) is 0. The normalized spacial score (nSPS) is 20.0. The fourth-order valence-corrected chi connectivity index (χ4v) is 1.62. The molecule has 1 fully saturated rings. The predicted molar refractivity (Wildman–Crippen MR) is 50.8 cm³/mol. The first-order chi connectivity index (χ1) is 7.06. The molecule has 0 saturated carbocycles. The van der Waals surface area contributed by atoms with Crippen molar-refractivity contribution in [3.8, 4) is 0 Å². The van der Waals surface area contributed by atoms with E-state index in [2.05, 4.69) is 5.32 Å². The maximum absolute atomic E-state index is 13.0. The van der Waals surface area contributed by atoms with Crippen LogP contribution in [0.25, 0.3) is 0 Å². The number of benzene rings is 1. The average Bonchev–Trinajstić information content (AvgIpc) is 2.43. The summed E-state index contributed by atoms with van der Waals surface area (Å²) in [4.78, 5) is 22.1. The number of urea groups is 1. The maximum atomic E-state index is 13.0. The topological polar surface area (TPSA) is 58.2 Å². The fourth-order valence-electron chi connectivity index (χ4n) is 1.39. The fraction of sp³-hybridized carbons (Fsp3) is 0.111. The first-order valence-corrected chi connectivity index (χ1v) is 4.51. The molecule has 1 saturated heterocycles. The SMILES string of the molecule is O=C1NC(=O)C(c2cc(F)cc(Cl)c2)N1. The van der Waals surface area contributed by atoms with E-state index in [0.717, 1.165) is 12.1 Å². The molecule has 1 atom stereocenters. The Hall–Kier alpha value is -1.62. The number of halogens is 2. The Balaban J connectivity index is 2.37. The molecule has 0 radical (unpaired) electrons. The number of amides is 3. The monoisotopic (exact) mass is 228 g/mol. The molecule has 2 N–H and O–H groups in total. The molecule has 1 heterocycles. The maximum Gasteiger partial charge on any atom is 0.322 e. The molecule has 78 valence electrons. The lowest BCUT2D eigenvalue weighted by Crippen LogP contribution is -2.22. The Morgan fingerprint density at radius 2 is 2.00 bits per heavy atom. The van der Waals surface area contributed by atoms with Crippen molar-refractivity contribution in [3.63, 3.8) is 0 Å². The summed E-state index contributed by atoms with van der Waals surface area (Å²) in [5.41, 5.74) is 0.323. The van der Waals surface area contributed by atoms with Gasteiger partial charge >= 0.3 is 6.03 Å². The second kappa shape index (κ2) is 3.51. The Morgan fingerprint density at radius 3 is 2.53 bits per heavy atom.